The summed E-state index contributed by atoms with van der Waals surface area (Å²) < 4.78 is 1.69. The van der Waals surface area contributed by atoms with Crippen LogP contribution in [0.2, 0.25) is 0 Å². The molecule has 0 saturated carbocycles. The summed E-state index contributed by atoms with van der Waals surface area (Å²) in [6, 6.07) is 14.8. The summed E-state index contributed by atoms with van der Waals surface area (Å²) >= 11 is 0. The summed E-state index contributed by atoms with van der Waals surface area (Å²) in [5.74, 6) is 0. The smallest absolute Gasteiger partial charge is 0.211 e. The Hall–Kier alpha value is -2.07. The molecule has 3 rings (SSSR count). The van der Waals surface area contributed by atoms with Gasteiger partial charge in [-0.2, -0.15) is 0 Å². The van der Waals surface area contributed by atoms with E-state index in [0.29, 0.717) is 0 Å². The Morgan fingerprint density at radius 2 is 0.576 bits per heavy atom. The van der Waals surface area contributed by atoms with Crippen LogP contribution in [0.25, 0.3) is 16.9 Å². The molecule has 1 aliphatic rings. The van der Waals surface area contributed by atoms with Gasteiger partial charge in [0.2, 0.25) is 11.4 Å². The van der Waals surface area contributed by atoms with Gasteiger partial charge in [-0.1, -0.05) is 169 Å². The van der Waals surface area contributed by atoms with Gasteiger partial charge in [0, 0.05) is 53.0 Å². The van der Waals surface area contributed by atoms with Gasteiger partial charge in [0.1, 0.15) is 0 Å². The van der Waals surface area contributed by atoms with Gasteiger partial charge in [-0.25, -0.2) is 4.70 Å². The van der Waals surface area contributed by atoms with E-state index in [2.05, 4.69) is 77.9 Å². The predicted molar refractivity (Wildman–Crippen MR) is 256 cm³/mol. The monoisotopic (exact) mass is 859 g/mol. The molecule has 5 heteroatoms. The molecule has 0 fully saturated rings. The number of hydrogen-bond acceptors (Lipinski definition) is 2. The van der Waals surface area contributed by atoms with Crippen LogP contribution in [0.15, 0.2) is 47.5 Å². The van der Waals surface area contributed by atoms with Gasteiger partial charge < -0.3 is 15.7 Å². The maximum Gasteiger partial charge on any atom is 0.211 e. The number of unbranched alkanes of at least 4 members (excludes halogenated alkanes) is 18. The van der Waals surface area contributed by atoms with E-state index in [-0.39, 0.29) is 16.5 Å². The van der Waals surface area contributed by atoms with Crippen molar-refractivity contribution in [3.63, 3.8) is 0 Å². The number of rotatable bonds is 32. The van der Waals surface area contributed by atoms with Crippen molar-refractivity contribution in [2.75, 3.05) is 14.2 Å². The van der Waals surface area contributed by atoms with Crippen molar-refractivity contribution in [2.24, 2.45) is 0 Å². The van der Waals surface area contributed by atoms with Crippen molar-refractivity contribution in [3.8, 4) is 0 Å². The summed E-state index contributed by atoms with van der Waals surface area (Å²) in [6.07, 6.45) is 37.3. The van der Waals surface area contributed by atoms with Crippen molar-refractivity contribution < 1.29 is 31.4 Å². The van der Waals surface area contributed by atoms with Gasteiger partial charge >= 0.3 is 0 Å². The molecular weight excluding hydrogens is 767 g/mol. The summed E-state index contributed by atoms with van der Waals surface area (Å²) in [6.45, 7) is 13.8. The van der Waals surface area contributed by atoms with Crippen LogP contribution < -0.4 is 0 Å². The Bertz CT molecular complexity index is 1430. The van der Waals surface area contributed by atoms with Crippen LogP contribution in [0.5, 0.6) is 0 Å². The number of nitrogens with zero attached hydrogens (tertiary/aromatic N) is 2. The Morgan fingerprint density at radius 3 is 0.898 bits per heavy atom. The van der Waals surface area contributed by atoms with Crippen molar-refractivity contribution in [3.05, 3.63) is 86.5 Å². The van der Waals surface area contributed by atoms with E-state index in [9.17, 15) is 5.53 Å². The van der Waals surface area contributed by atoms with Gasteiger partial charge in [0.15, 0.2) is 0 Å². The van der Waals surface area contributed by atoms with Crippen LogP contribution in [-0.4, -0.2) is 29.1 Å². The minimum absolute atomic E-state index is 0. The maximum absolute atomic E-state index is 12.7. The van der Waals surface area contributed by atoms with E-state index >= 15 is 0 Å². The Balaban J connectivity index is 0.00000652. The SMILES string of the molecule is CCCCCCCCC1=C(c2cc(CCCC)cc(CCCCCCCC)c2)[N+](=[N-])C(c2cc(CCCC)cc(CCCCCCCC)c2)=C1CCCC.CO.CO.[Ni]. The molecule has 59 heavy (non-hydrogen) atoms. The van der Waals surface area contributed by atoms with Crippen LogP contribution >= 0.6 is 0 Å². The van der Waals surface area contributed by atoms with Crippen LogP contribution in [-0.2, 0) is 42.2 Å². The van der Waals surface area contributed by atoms with E-state index in [1.807, 2.05) is 0 Å². The molecule has 0 radical (unpaired) electrons. The van der Waals surface area contributed by atoms with E-state index in [1.165, 1.54) is 186 Å². The molecule has 2 aromatic rings. The molecule has 4 nitrogen and oxygen atoms in total. The summed E-state index contributed by atoms with van der Waals surface area (Å²) in [5, 5.41) is 14.0. The van der Waals surface area contributed by atoms with E-state index in [4.69, 9.17) is 10.2 Å². The van der Waals surface area contributed by atoms with Crippen molar-refractivity contribution in [1.82, 2.24) is 0 Å². The molecule has 1 heterocycles. The fraction of sp³-hybridized carbons (Fsp3) is 0.704. The Morgan fingerprint density at radius 1 is 0.339 bits per heavy atom. The minimum atomic E-state index is 0. The molecule has 0 spiro atoms. The van der Waals surface area contributed by atoms with Crippen LogP contribution in [0.1, 0.15) is 242 Å². The molecule has 0 amide bonds. The predicted octanol–water partition coefficient (Wildman–Crippen LogP) is 16.5. The third-order valence-electron chi connectivity index (χ3n) is 11.8. The molecule has 0 atom stereocenters. The number of hydrogen-bond donors (Lipinski definition) is 2. The molecule has 0 saturated heterocycles. The standard InChI is InChI=1S/C52H84N2.2CH4O.Ni/c1-7-13-19-22-25-28-33-45-37-43(31-16-10-4)39-47(41-45)51-49(35-18-12-6)50(36-30-27-24-21-15-9-3)52(54(51)53)48-40-44(32-17-11-5)38-46(42-48)34-29-26-23-20-14-8-2;2*1-2;/h37-42H,7-36H2,1-6H3;2*2H,1H3;. The van der Waals surface area contributed by atoms with Gasteiger partial charge in [-0.3, -0.25) is 0 Å². The van der Waals surface area contributed by atoms with Crippen LogP contribution in [0, 0.1) is 0 Å². The number of allylic oxidation sites excluding steroid dienone is 2. The first-order valence-electron chi connectivity index (χ1n) is 24.6. The largest absolute Gasteiger partial charge is 0.493 e. The van der Waals surface area contributed by atoms with Crippen molar-refractivity contribution >= 4 is 11.4 Å². The average Bonchev–Trinajstić information content (AvgIpc) is 3.53. The third-order valence-corrected chi connectivity index (χ3v) is 11.8. The third kappa shape index (κ3) is 22.0. The maximum atomic E-state index is 12.7. The topological polar surface area (TPSA) is 65.8 Å². The molecule has 1 aliphatic heterocycles. The number of aryl methyl sites for hydroxylation is 4. The van der Waals surface area contributed by atoms with E-state index in [0.717, 1.165) is 77.0 Å². The molecule has 0 aromatic heterocycles. The van der Waals surface area contributed by atoms with Crippen LogP contribution in [0.3, 0.4) is 0 Å². The first-order valence-corrected chi connectivity index (χ1v) is 24.6. The van der Waals surface area contributed by atoms with E-state index in [1.54, 1.807) is 4.70 Å². The summed E-state index contributed by atoms with van der Waals surface area (Å²) in [5.41, 5.74) is 26.0. The average molecular weight is 860 g/mol. The number of benzene rings is 2. The molecule has 0 unspecified atom stereocenters. The van der Waals surface area contributed by atoms with Gasteiger partial charge in [0.05, 0.1) is 0 Å². The zero-order valence-electron chi connectivity index (χ0n) is 39.8. The number of aliphatic hydroxyl groups excluding tert-OH is 2. The summed E-state index contributed by atoms with van der Waals surface area (Å²) in [7, 11) is 2.00. The zero-order valence-corrected chi connectivity index (χ0v) is 40.8. The normalized spacial score (nSPS) is 12.3. The first-order chi connectivity index (χ1) is 28.5. The molecule has 0 aliphatic carbocycles. The fourth-order valence-electron chi connectivity index (χ4n) is 8.58. The second-order valence-corrected chi connectivity index (χ2v) is 16.9. The van der Waals surface area contributed by atoms with Crippen molar-refractivity contribution in [1.29, 1.82) is 0 Å². The second-order valence-electron chi connectivity index (χ2n) is 16.9. The Kier molecular flexibility index (Phi) is 36.4. The van der Waals surface area contributed by atoms with Gasteiger partial charge in [0.25, 0.3) is 0 Å². The fourth-order valence-corrected chi connectivity index (χ4v) is 8.58. The summed E-state index contributed by atoms with van der Waals surface area (Å²) in [4.78, 5) is 0. The molecular formula is C54H92N2NiO2. The quantitative estimate of drug-likeness (QED) is 0.0437. The minimum Gasteiger partial charge on any atom is -0.493 e. The second kappa shape index (κ2) is 37.7. The van der Waals surface area contributed by atoms with Crippen LogP contribution in [0.4, 0.5) is 0 Å². The first kappa shape index (κ1) is 56.9. The zero-order chi connectivity index (χ0) is 42.8. The molecule has 2 N–H and O–H groups in total. The van der Waals surface area contributed by atoms with Gasteiger partial charge in [-0.05, 0) is 124 Å². The Labute approximate surface area is 376 Å². The van der Waals surface area contributed by atoms with Crippen molar-refractivity contribution in [2.45, 2.75) is 234 Å². The number of aliphatic hydroxyl groups is 2. The molecule has 340 valence electrons. The van der Waals surface area contributed by atoms with Gasteiger partial charge in [-0.15, -0.1) is 0 Å². The van der Waals surface area contributed by atoms with E-state index < -0.39 is 0 Å². The molecule has 2 aromatic carbocycles. The molecule has 0 bridgehead atoms.